The van der Waals surface area contributed by atoms with E-state index in [-0.39, 0.29) is 5.56 Å². The third-order valence-corrected chi connectivity index (χ3v) is 5.73. The van der Waals surface area contributed by atoms with Crippen LogP contribution in [0, 0.1) is 29.1 Å². The van der Waals surface area contributed by atoms with E-state index < -0.39 is 29.1 Å². The Morgan fingerprint density at radius 2 is 1.36 bits per heavy atom. The molecule has 0 N–H and O–H groups in total. The van der Waals surface area contributed by atoms with Gasteiger partial charge in [0.15, 0.2) is 11.6 Å². The van der Waals surface area contributed by atoms with Gasteiger partial charge in [-0.05, 0) is 83.7 Å². The number of rotatable bonds is 7. The van der Waals surface area contributed by atoms with Crippen LogP contribution in [0.4, 0.5) is 22.0 Å². The van der Waals surface area contributed by atoms with Gasteiger partial charge in [0.2, 0.25) is 0 Å². The van der Waals surface area contributed by atoms with Crippen LogP contribution in [-0.2, 0) is 19.3 Å². The Morgan fingerprint density at radius 3 is 2.06 bits per heavy atom. The van der Waals surface area contributed by atoms with Crippen molar-refractivity contribution >= 4 is 10.8 Å². The lowest BCUT2D eigenvalue weighted by molar-refractivity contribution is 0.507. The van der Waals surface area contributed by atoms with E-state index in [9.17, 15) is 17.6 Å². The van der Waals surface area contributed by atoms with E-state index in [1.807, 2.05) is 0 Å². The minimum absolute atomic E-state index is 0.151. The molecule has 0 aromatic heterocycles. The third-order valence-electron chi connectivity index (χ3n) is 5.73. The second-order valence-electron chi connectivity index (χ2n) is 7.98. The molecule has 4 aromatic carbocycles. The van der Waals surface area contributed by atoms with Gasteiger partial charge in [-0.1, -0.05) is 36.4 Å². The normalized spacial score (nSPS) is 11.2. The molecule has 0 spiro atoms. The predicted octanol–water partition coefficient (Wildman–Crippen LogP) is 8.11. The quantitative estimate of drug-likeness (QED) is 0.196. The smallest absolute Gasteiger partial charge is 0.159 e. The second kappa shape index (κ2) is 9.57. The Balaban J connectivity index is 1.61. The van der Waals surface area contributed by atoms with Crippen LogP contribution < -0.4 is 0 Å². The highest BCUT2D eigenvalue weighted by Gasteiger charge is 2.15. The van der Waals surface area contributed by atoms with E-state index in [0.29, 0.717) is 58.7 Å². The molecule has 4 rings (SSSR count). The third kappa shape index (κ3) is 4.82. The van der Waals surface area contributed by atoms with E-state index in [1.165, 1.54) is 30.3 Å². The Kier molecular flexibility index (Phi) is 6.59. The molecule has 0 aliphatic heterocycles. The minimum Gasteiger partial charge on any atom is -0.206 e. The lowest BCUT2D eigenvalue weighted by atomic mass is 9.96. The highest BCUT2D eigenvalue weighted by molar-refractivity contribution is 5.88. The monoisotopic (exact) mass is 452 g/mol. The van der Waals surface area contributed by atoms with Crippen LogP contribution in [0.1, 0.15) is 23.1 Å². The van der Waals surface area contributed by atoms with Crippen molar-refractivity contribution in [3.63, 3.8) is 0 Å². The first-order chi connectivity index (χ1) is 15.9. The summed E-state index contributed by atoms with van der Waals surface area (Å²) in [6.07, 6.45) is 3.43. The molecule has 0 aliphatic carbocycles. The van der Waals surface area contributed by atoms with E-state index in [4.69, 9.17) is 0 Å². The highest BCUT2D eigenvalue weighted by Crippen LogP contribution is 2.32. The van der Waals surface area contributed by atoms with E-state index in [0.717, 1.165) is 12.1 Å². The summed E-state index contributed by atoms with van der Waals surface area (Å²) < 4.78 is 71.0. The number of hydrogen-bond donors (Lipinski definition) is 0. The zero-order valence-corrected chi connectivity index (χ0v) is 17.8. The summed E-state index contributed by atoms with van der Waals surface area (Å²) in [6.45, 7) is 3.61. The lowest BCUT2D eigenvalue weighted by Crippen LogP contribution is -1.98. The number of hydrogen-bond acceptors (Lipinski definition) is 0. The van der Waals surface area contributed by atoms with E-state index in [2.05, 4.69) is 6.58 Å². The largest absolute Gasteiger partial charge is 0.206 e. The summed E-state index contributed by atoms with van der Waals surface area (Å²) in [6, 6.07) is 14.1. The van der Waals surface area contributed by atoms with Crippen LogP contribution >= 0.6 is 0 Å². The first kappa shape index (κ1) is 22.7. The predicted molar refractivity (Wildman–Crippen MR) is 122 cm³/mol. The van der Waals surface area contributed by atoms with Crippen molar-refractivity contribution in [2.45, 2.75) is 25.7 Å². The zero-order valence-electron chi connectivity index (χ0n) is 17.8. The first-order valence-electron chi connectivity index (χ1n) is 10.6. The molecule has 0 unspecified atom stereocenters. The number of fused-ring (bicyclic) bond motifs is 1. The van der Waals surface area contributed by atoms with Gasteiger partial charge in [-0.15, -0.1) is 6.58 Å². The molecule has 0 atom stereocenters. The molecule has 4 aromatic rings. The molecular weight excluding hydrogens is 431 g/mol. The van der Waals surface area contributed by atoms with Crippen molar-refractivity contribution in [1.82, 2.24) is 0 Å². The molecule has 0 saturated carbocycles. The topological polar surface area (TPSA) is 0 Å². The van der Waals surface area contributed by atoms with Gasteiger partial charge < -0.3 is 0 Å². The maximum absolute atomic E-state index is 15.1. The Morgan fingerprint density at radius 1 is 0.636 bits per heavy atom. The van der Waals surface area contributed by atoms with Crippen LogP contribution in [0.5, 0.6) is 0 Å². The van der Waals surface area contributed by atoms with Crippen molar-refractivity contribution in [3.8, 4) is 11.1 Å². The van der Waals surface area contributed by atoms with Gasteiger partial charge in [0.1, 0.15) is 17.5 Å². The van der Waals surface area contributed by atoms with Crippen LogP contribution in [0.2, 0.25) is 0 Å². The van der Waals surface area contributed by atoms with E-state index >= 15 is 4.39 Å². The fraction of sp³-hybridized carbons (Fsp3) is 0.143. The summed E-state index contributed by atoms with van der Waals surface area (Å²) in [4.78, 5) is 0. The molecule has 0 fully saturated rings. The number of benzene rings is 4. The summed E-state index contributed by atoms with van der Waals surface area (Å²) >= 11 is 0. The van der Waals surface area contributed by atoms with Crippen LogP contribution in [0.3, 0.4) is 0 Å². The Labute approximate surface area is 189 Å². The lowest BCUT2D eigenvalue weighted by Gasteiger charge is -2.11. The molecule has 0 aliphatic rings. The molecule has 0 heterocycles. The van der Waals surface area contributed by atoms with Crippen LogP contribution in [0.25, 0.3) is 21.9 Å². The van der Waals surface area contributed by atoms with Gasteiger partial charge in [0.05, 0.1) is 5.56 Å². The summed E-state index contributed by atoms with van der Waals surface area (Å²) in [5.41, 5.74) is 1.70. The second-order valence-corrected chi connectivity index (χ2v) is 7.98. The Hall–Kier alpha value is -3.47. The van der Waals surface area contributed by atoms with E-state index in [1.54, 1.807) is 24.3 Å². The minimum atomic E-state index is -0.938. The average Bonchev–Trinajstić information content (AvgIpc) is 2.79. The van der Waals surface area contributed by atoms with Crippen molar-refractivity contribution in [3.05, 3.63) is 119 Å². The molecule has 33 heavy (non-hydrogen) atoms. The van der Waals surface area contributed by atoms with Gasteiger partial charge in [-0.3, -0.25) is 0 Å². The Bertz CT molecular complexity index is 1320. The van der Waals surface area contributed by atoms with Crippen LogP contribution in [0.15, 0.2) is 73.3 Å². The average molecular weight is 452 g/mol. The maximum atomic E-state index is 15.1. The molecule has 0 amide bonds. The van der Waals surface area contributed by atoms with Gasteiger partial charge in [-0.25, -0.2) is 22.0 Å². The van der Waals surface area contributed by atoms with Crippen molar-refractivity contribution in [1.29, 1.82) is 0 Å². The molecular formula is C28H21F5. The summed E-state index contributed by atoms with van der Waals surface area (Å²) in [5.74, 6) is -3.64. The van der Waals surface area contributed by atoms with Gasteiger partial charge >= 0.3 is 0 Å². The standard InChI is InChI=1S/C28H21F5/c1-2-3-4-18-14-25(31)27(26(32)15-18)21-10-11-22-20(16-21)9-8-19(28(22)33)7-5-17-6-12-23(29)24(30)13-17/h2,6,8-16H,1,3-5,7H2. The molecule has 0 nitrogen and oxygen atoms in total. The maximum Gasteiger partial charge on any atom is 0.159 e. The number of aryl methyl sites for hydroxylation is 3. The SMILES string of the molecule is C=CCCc1cc(F)c(-c2ccc3c(F)c(CCc4ccc(F)c(F)c4)ccc3c2)c(F)c1. The molecule has 168 valence electrons. The van der Waals surface area contributed by atoms with Crippen molar-refractivity contribution in [2.24, 2.45) is 0 Å². The molecule has 0 bridgehead atoms. The highest BCUT2D eigenvalue weighted by atomic mass is 19.2. The van der Waals surface area contributed by atoms with Crippen molar-refractivity contribution < 1.29 is 22.0 Å². The fourth-order valence-corrected chi connectivity index (χ4v) is 3.97. The molecule has 0 radical (unpaired) electrons. The molecule has 0 saturated heterocycles. The van der Waals surface area contributed by atoms with Crippen molar-refractivity contribution in [2.75, 3.05) is 0 Å². The molecule has 5 heteroatoms. The first-order valence-corrected chi connectivity index (χ1v) is 10.6. The fourth-order valence-electron chi connectivity index (χ4n) is 3.97. The van der Waals surface area contributed by atoms with Crippen LogP contribution in [-0.4, -0.2) is 0 Å². The van der Waals surface area contributed by atoms with Gasteiger partial charge in [-0.2, -0.15) is 0 Å². The van der Waals surface area contributed by atoms with Gasteiger partial charge in [0.25, 0.3) is 0 Å². The summed E-state index contributed by atoms with van der Waals surface area (Å²) in [7, 11) is 0. The summed E-state index contributed by atoms with van der Waals surface area (Å²) in [5, 5.41) is 0.834. The zero-order chi connectivity index (χ0) is 23.5. The number of allylic oxidation sites excluding steroid dienone is 1. The van der Waals surface area contributed by atoms with Gasteiger partial charge in [0, 0.05) is 5.39 Å². The number of halogens is 5.